The molecular formula is C29H33N5O3S. The Hall–Kier alpha value is -3.46. The minimum absolute atomic E-state index is 0.112. The van der Waals surface area contributed by atoms with Crippen LogP contribution in [-0.4, -0.2) is 50.9 Å². The summed E-state index contributed by atoms with van der Waals surface area (Å²) in [5.74, 6) is 1.17. The summed E-state index contributed by atoms with van der Waals surface area (Å²) in [5, 5.41) is 6.88. The Morgan fingerprint density at radius 2 is 1.76 bits per heavy atom. The monoisotopic (exact) mass is 531 g/mol. The van der Waals surface area contributed by atoms with Crippen LogP contribution in [0.3, 0.4) is 0 Å². The largest absolute Gasteiger partial charge is 0.369 e. The van der Waals surface area contributed by atoms with E-state index in [9.17, 15) is 14.4 Å². The topological polar surface area (TPSA) is 104 Å². The summed E-state index contributed by atoms with van der Waals surface area (Å²) in [4.78, 5) is 48.2. The second-order valence-electron chi connectivity index (χ2n) is 9.82. The van der Waals surface area contributed by atoms with E-state index in [2.05, 4.69) is 26.7 Å². The molecule has 1 fully saturated rings. The number of carbonyl (C=O) groups excluding carboxylic acids is 3. The maximum atomic E-state index is 13.0. The molecule has 1 unspecified atom stereocenters. The molecule has 3 heterocycles. The molecule has 2 aliphatic rings. The third kappa shape index (κ3) is 5.99. The molecule has 1 saturated heterocycles. The van der Waals surface area contributed by atoms with Gasteiger partial charge in [-0.25, -0.2) is 9.97 Å². The van der Waals surface area contributed by atoms with Crippen molar-refractivity contribution in [3.63, 3.8) is 0 Å². The van der Waals surface area contributed by atoms with Gasteiger partial charge in [0, 0.05) is 35.4 Å². The normalized spacial score (nSPS) is 17.1. The highest BCUT2D eigenvalue weighted by Gasteiger charge is 2.39. The summed E-state index contributed by atoms with van der Waals surface area (Å²) in [6.07, 6.45) is 9.32. The van der Waals surface area contributed by atoms with Crippen LogP contribution in [0.15, 0.2) is 53.7 Å². The van der Waals surface area contributed by atoms with E-state index in [-0.39, 0.29) is 24.1 Å². The molecule has 0 radical (unpaired) electrons. The fourth-order valence-electron chi connectivity index (χ4n) is 5.16. The van der Waals surface area contributed by atoms with E-state index in [4.69, 9.17) is 0 Å². The van der Waals surface area contributed by atoms with Gasteiger partial charge in [-0.15, -0.1) is 11.8 Å². The first kappa shape index (κ1) is 26.2. The number of piperidine rings is 1. The Labute approximate surface area is 227 Å². The van der Waals surface area contributed by atoms with Crippen LogP contribution < -0.4 is 10.6 Å². The number of hydrogen-bond donors (Lipinski definition) is 2. The molecule has 198 valence electrons. The molecule has 3 aromatic rings. The van der Waals surface area contributed by atoms with Gasteiger partial charge in [-0.3, -0.25) is 19.7 Å². The first-order chi connectivity index (χ1) is 18.6. The molecule has 2 N–H and O–H groups in total. The second-order valence-corrected chi connectivity index (χ2v) is 11.0. The number of nitrogens with zero attached hydrogens (tertiary/aromatic N) is 3. The van der Waals surface area contributed by atoms with Crippen LogP contribution in [0.2, 0.25) is 0 Å². The highest BCUT2D eigenvalue weighted by molar-refractivity contribution is 7.99. The quantitative estimate of drug-likeness (QED) is 0.194. The van der Waals surface area contributed by atoms with E-state index in [0.29, 0.717) is 18.5 Å². The number of para-hydroxylation sites is 1. The summed E-state index contributed by atoms with van der Waals surface area (Å²) in [6.45, 7) is 1.34. The number of anilines is 1. The summed E-state index contributed by atoms with van der Waals surface area (Å²) >= 11 is 1.79. The standard InChI is InChI=1S/C29H33N5O3S/c35-26-15-14-24(28(36)33-26)34-18-22-20(29(34)37)11-9-13-25(22)38-17-8-4-2-1-3-7-16-30-27-21-10-5-6-12-23(21)31-19-32-27/h5-6,9-13,19,24H,1-4,7-8,14-18H2,(H,30,31,32)(H,33,35,36). The number of aromatic nitrogens is 2. The molecule has 8 nitrogen and oxygen atoms in total. The summed E-state index contributed by atoms with van der Waals surface area (Å²) < 4.78 is 0. The summed E-state index contributed by atoms with van der Waals surface area (Å²) in [7, 11) is 0. The first-order valence-corrected chi connectivity index (χ1v) is 14.4. The van der Waals surface area contributed by atoms with Gasteiger partial charge in [-0.05, 0) is 54.8 Å². The molecule has 1 aromatic heterocycles. The molecule has 1 atom stereocenters. The van der Waals surface area contributed by atoms with Gasteiger partial charge in [0.05, 0.1) is 5.52 Å². The number of thioether (sulfide) groups is 1. The zero-order valence-corrected chi connectivity index (χ0v) is 22.3. The lowest BCUT2D eigenvalue weighted by molar-refractivity contribution is -0.136. The number of carbonyl (C=O) groups is 3. The van der Waals surface area contributed by atoms with Crippen LogP contribution in [0.5, 0.6) is 0 Å². The molecule has 0 aliphatic carbocycles. The van der Waals surface area contributed by atoms with E-state index < -0.39 is 6.04 Å². The predicted octanol–water partition coefficient (Wildman–Crippen LogP) is 4.94. The van der Waals surface area contributed by atoms with Crippen molar-refractivity contribution in [1.82, 2.24) is 20.2 Å². The van der Waals surface area contributed by atoms with Crippen LogP contribution in [0.25, 0.3) is 10.9 Å². The van der Waals surface area contributed by atoms with Gasteiger partial charge in [-0.1, -0.05) is 43.9 Å². The van der Waals surface area contributed by atoms with Crippen molar-refractivity contribution in [3.8, 4) is 0 Å². The van der Waals surface area contributed by atoms with Gasteiger partial charge in [0.25, 0.3) is 5.91 Å². The van der Waals surface area contributed by atoms with Crippen LogP contribution in [-0.2, 0) is 16.1 Å². The second kappa shape index (κ2) is 12.4. The fourth-order valence-corrected chi connectivity index (χ4v) is 6.25. The van der Waals surface area contributed by atoms with Gasteiger partial charge in [0.2, 0.25) is 11.8 Å². The van der Waals surface area contributed by atoms with Crippen molar-refractivity contribution >= 4 is 46.2 Å². The average molecular weight is 532 g/mol. The molecule has 2 aliphatic heterocycles. The third-order valence-electron chi connectivity index (χ3n) is 7.20. The third-order valence-corrected chi connectivity index (χ3v) is 8.39. The minimum atomic E-state index is -0.569. The van der Waals surface area contributed by atoms with Crippen molar-refractivity contribution in [2.75, 3.05) is 17.6 Å². The van der Waals surface area contributed by atoms with Crippen molar-refractivity contribution < 1.29 is 14.4 Å². The number of nitrogens with one attached hydrogen (secondary N) is 2. The Morgan fingerprint density at radius 3 is 2.63 bits per heavy atom. The zero-order valence-electron chi connectivity index (χ0n) is 21.4. The van der Waals surface area contributed by atoms with Crippen LogP contribution in [0.1, 0.15) is 67.3 Å². The van der Waals surface area contributed by atoms with Gasteiger partial charge < -0.3 is 10.2 Å². The van der Waals surface area contributed by atoms with E-state index >= 15 is 0 Å². The predicted molar refractivity (Wildman–Crippen MR) is 149 cm³/mol. The maximum absolute atomic E-state index is 13.0. The van der Waals surface area contributed by atoms with Gasteiger partial charge in [0.15, 0.2) is 0 Å². The molecular weight excluding hydrogens is 498 g/mol. The average Bonchev–Trinajstić information content (AvgIpc) is 3.26. The lowest BCUT2D eigenvalue weighted by Crippen LogP contribution is -2.52. The lowest BCUT2D eigenvalue weighted by atomic mass is 10.0. The Balaban J connectivity index is 0.992. The van der Waals surface area contributed by atoms with Gasteiger partial charge in [-0.2, -0.15) is 0 Å². The summed E-state index contributed by atoms with van der Waals surface area (Å²) in [6, 6.07) is 13.3. The van der Waals surface area contributed by atoms with Crippen LogP contribution in [0, 0.1) is 0 Å². The van der Waals surface area contributed by atoms with Gasteiger partial charge >= 0.3 is 0 Å². The molecule has 2 aromatic carbocycles. The number of unbranched alkanes of at least 4 members (excludes halogenated alkanes) is 5. The van der Waals surface area contributed by atoms with E-state index in [0.717, 1.165) is 52.3 Å². The summed E-state index contributed by atoms with van der Waals surface area (Å²) in [5.41, 5.74) is 2.65. The van der Waals surface area contributed by atoms with Gasteiger partial charge in [0.1, 0.15) is 18.2 Å². The number of imide groups is 1. The highest BCUT2D eigenvalue weighted by Crippen LogP contribution is 2.34. The lowest BCUT2D eigenvalue weighted by Gasteiger charge is -2.29. The number of amides is 3. The molecule has 0 bridgehead atoms. The van der Waals surface area contributed by atoms with E-state index in [1.165, 1.54) is 25.7 Å². The molecule has 5 rings (SSSR count). The van der Waals surface area contributed by atoms with E-state index in [1.54, 1.807) is 23.0 Å². The number of benzene rings is 2. The Bertz CT molecular complexity index is 1330. The molecule has 0 saturated carbocycles. The van der Waals surface area contributed by atoms with E-state index in [1.807, 2.05) is 36.4 Å². The number of hydrogen-bond acceptors (Lipinski definition) is 7. The SMILES string of the molecule is O=C1CCC(N2Cc3c(SCCCCCCCCNc4ncnc5ccccc45)cccc3C2=O)C(=O)N1. The molecule has 3 amide bonds. The van der Waals surface area contributed by atoms with Crippen LogP contribution in [0.4, 0.5) is 5.82 Å². The minimum Gasteiger partial charge on any atom is -0.369 e. The molecule has 9 heteroatoms. The maximum Gasteiger partial charge on any atom is 0.255 e. The van der Waals surface area contributed by atoms with Crippen molar-refractivity contribution in [1.29, 1.82) is 0 Å². The highest BCUT2D eigenvalue weighted by atomic mass is 32.2. The zero-order chi connectivity index (χ0) is 26.3. The fraction of sp³-hybridized carbons (Fsp3) is 0.414. The van der Waals surface area contributed by atoms with Crippen molar-refractivity contribution in [3.05, 3.63) is 59.9 Å². The Kier molecular flexibility index (Phi) is 8.53. The Morgan fingerprint density at radius 1 is 0.947 bits per heavy atom. The van der Waals surface area contributed by atoms with Crippen molar-refractivity contribution in [2.24, 2.45) is 0 Å². The number of rotatable bonds is 12. The van der Waals surface area contributed by atoms with Crippen molar-refractivity contribution in [2.45, 2.75) is 68.8 Å². The number of fused-ring (bicyclic) bond motifs is 2. The molecule has 0 spiro atoms. The molecule has 38 heavy (non-hydrogen) atoms. The smallest absolute Gasteiger partial charge is 0.255 e. The first-order valence-electron chi connectivity index (χ1n) is 13.4. The van der Waals surface area contributed by atoms with Crippen LogP contribution >= 0.6 is 11.8 Å².